The van der Waals surface area contributed by atoms with Gasteiger partial charge in [0.2, 0.25) is 0 Å². The number of carbonyl (C=O) groups excluding carboxylic acids is 1. The van der Waals surface area contributed by atoms with E-state index in [2.05, 4.69) is 4.74 Å². The summed E-state index contributed by atoms with van der Waals surface area (Å²) in [6.07, 6.45) is 1.13. The molecule has 0 radical (unpaired) electrons. The molecule has 4 nitrogen and oxygen atoms in total. The molecule has 76 valence electrons. The molecule has 0 aromatic heterocycles. The Morgan fingerprint density at radius 3 is 2.31 bits per heavy atom. The highest BCUT2D eigenvalue weighted by Gasteiger charge is 2.27. The Balaban J connectivity index is 3.89. The summed E-state index contributed by atoms with van der Waals surface area (Å²) in [4.78, 5) is 21.3. The molecular weight excluding hydrogens is 172 g/mol. The van der Waals surface area contributed by atoms with Gasteiger partial charge >= 0.3 is 11.9 Å². The molecule has 1 N–H and O–H groups in total. The lowest BCUT2D eigenvalue weighted by atomic mass is 9.87. The zero-order valence-electron chi connectivity index (χ0n) is 8.29. The van der Waals surface area contributed by atoms with Crippen LogP contribution in [0.1, 0.15) is 33.1 Å². The van der Waals surface area contributed by atoms with E-state index < -0.39 is 11.4 Å². The molecule has 0 unspecified atom stereocenters. The van der Waals surface area contributed by atoms with Crippen LogP contribution in [0.5, 0.6) is 0 Å². The molecule has 0 aliphatic heterocycles. The second-order valence-electron chi connectivity index (χ2n) is 3.62. The first-order valence-electron chi connectivity index (χ1n) is 4.20. The fourth-order valence-corrected chi connectivity index (χ4v) is 1.06. The Hall–Kier alpha value is -1.06. The molecule has 0 heterocycles. The fraction of sp³-hybridized carbons (Fsp3) is 0.778. The summed E-state index contributed by atoms with van der Waals surface area (Å²) in [7, 11) is 1.33. The van der Waals surface area contributed by atoms with Gasteiger partial charge in [-0.2, -0.15) is 0 Å². The van der Waals surface area contributed by atoms with Gasteiger partial charge in [-0.1, -0.05) is 0 Å². The maximum atomic E-state index is 11.1. The van der Waals surface area contributed by atoms with E-state index in [1.165, 1.54) is 7.11 Å². The number of carboxylic acids is 1. The Morgan fingerprint density at radius 1 is 1.38 bits per heavy atom. The maximum Gasteiger partial charge on any atom is 0.311 e. The fourth-order valence-electron chi connectivity index (χ4n) is 1.06. The Labute approximate surface area is 77.9 Å². The summed E-state index contributed by atoms with van der Waals surface area (Å²) < 4.78 is 4.59. The Morgan fingerprint density at radius 2 is 1.92 bits per heavy atom. The number of hydrogen-bond acceptors (Lipinski definition) is 3. The molecule has 0 rings (SSSR count). The molecular formula is C9H16O4. The predicted molar refractivity (Wildman–Crippen MR) is 47.3 cm³/mol. The summed E-state index contributed by atoms with van der Waals surface area (Å²) in [6.45, 7) is 3.50. The van der Waals surface area contributed by atoms with Gasteiger partial charge in [0.1, 0.15) is 0 Å². The maximum absolute atomic E-state index is 11.1. The van der Waals surface area contributed by atoms with Crippen LogP contribution in [0.2, 0.25) is 0 Å². The van der Waals surface area contributed by atoms with Crippen LogP contribution in [0, 0.1) is 5.41 Å². The first-order valence-corrected chi connectivity index (χ1v) is 4.20. The summed E-state index contributed by atoms with van der Waals surface area (Å²) in [5, 5.41) is 8.39. The molecule has 0 bridgehead atoms. The van der Waals surface area contributed by atoms with Crippen LogP contribution < -0.4 is 0 Å². The molecule has 0 amide bonds. The summed E-state index contributed by atoms with van der Waals surface area (Å²) in [5.74, 6) is -1.13. The Bertz CT molecular complexity index is 196. The molecule has 13 heavy (non-hydrogen) atoms. The third-order valence-electron chi connectivity index (χ3n) is 1.93. The number of rotatable bonds is 5. The highest BCUT2D eigenvalue weighted by molar-refractivity contribution is 5.75. The minimum Gasteiger partial charge on any atom is -0.481 e. The van der Waals surface area contributed by atoms with Gasteiger partial charge in [-0.3, -0.25) is 9.59 Å². The SMILES string of the molecule is COC(=O)C(C)(C)CCCC(=O)O. The lowest BCUT2D eigenvalue weighted by Crippen LogP contribution is -2.25. The molecule has 0 aliphatic rings. The molecule has 0 aromatic rings. The lowest BCUT2D eigenvalue weighted by molar-refractivity contribution is -0.151. The van der Waals surface area contributed by atoms with Crippen molar-refractivity contribution >= 4 is 11.9 Å². The van der Waals surface area contributed by atoms with Crippen molar-refractivity contribution in [1.82, 2.24) is 0 Å². The minimum absolute atomic E-state index is 0.0976. The van der Waals surface area contributed by atoms with E-state index in [1.54, 1.807) is 13.8 Å². The van der Waals surface area contributed by atoms with Crippen molar-refractivity contribution in [2.24, 2.45) is 5.41 Å². The highest BCUT2D eigenvalue weighted by atomic mass is 16.5. The standard InChI is InChI=1S/C9H16O4/c1-9(2,8(12)13-3)6-4-5-7(10)11/h4-6H2,1-3H3,(H,10,11). The third-order valence-corrected chi connectivity index (χ3v) is 1.93. The van der Waals surface area contributed by atoms with Crippen molar-refractivity contribution in [2.75, 3.05) is 7.11 Å². The summed E-state index contributed by atoms with van der Waals surface area (Å²) in [6, 6.07) is 0. The van der Waals surface area contributed by atoms with Crippen molar-refractivity contribution in [2.45, 2.75) is 33.1 Å². The number of methoxy groups -OCH3 is 1. The summed E-state index contributed by atoms with van der Waals surface area (Å²) in [5.41, 5.74) is -0.579. The number of hydrogen-bond donors (Lipinski definition) is 1. The van der Waals surface area contributed by atoms with E-state index in [-0.39, 0.29) is 12.4 Å². The molecule has 4 heteroatoms. The van der Waals surface area contributed by atoms with Gasteiger partial charge in [0.05, 0.1) is 12.5 Å². The van der Waals surface area contributed by atoms with Crippen LogP contribution in [0.25, 0.3) is 0 Å². The number of ether oxygens (including phenoxy) is 1. The van der Waals surface area contributed by atoms with Gasteiger partial charge in [0.25, 0.3) is 0 Å². The van der Waals surface area contributed by atoms with Gasteiger partial charge in [-0.05, 0) is 26.7 Å². The largest absolute Gasteiger partial charge is 0.481 e. The molecule has 0 fully saturated rings. The quantitative estimate of drug-likeness (QED) is 0.663. The normalized spacial score (nSPS) is 11.0. The van der Waals surface area contributed by atoms with E-state index in [1.807, 2.05) is 0 Å². The van der Waals surface area contributed by atoms with E-state index in [0.717, 1.165) is 0 Å². The Kier molecular flexibility index (Phi) is 4.45. The van der Waals surface area contributed by atoms with E-state index in [0.29, 0.717) is 12.8 Å². The van der Waals surface area contributed by atoms with Crippen molar-refractivity contribution in [3.63, 3.8) is 0 Å². The minimum atomic E-state index is -0.833. The molecule has 0 saturated heterocycles. The molecule has 0 saturated carbocycles. The van der Waals surface area contributed by atoms with Gasteiger partial charge in [0, 0.05) is 6.42 Å². The zero-order valence-corrected chi connectivity index (χ0v) is 8.29. The predicted octanol–water partition coefficient (Wildman–Crippen LogP) is 1.44. The van der Waals surface area contributed by atoms with Crippen LogP contribution in [-0.4, -0.2) is 24.2 Å². The van der Waals surface area contributed by atoms with Gasteiger partial charge in [-0.25, -0.2) is 0 Å². The van der Waals surface area contributed by atoms with Crippen molar-refractivity contribution in [1.29, 1.82) is 0 Å². The van der Waals surface area contributed by atoms with Gasteiger partial charge < -0.3 is 9.84 Å². The van der Waals surface area contributed by atoms with Gasteiger partial charge in [0.15, 0.2) is 0 Å². The topological polar surface area (TPSA) is 63.6 Å². The second-order valence-corrected chi connectivity index (χ2v) is 3.62. The zero-order chi connectivity index (χ0) is 10.5. The molecule has 0 atom stereocenters. The van der Waals surface area contributed by atoms with Gasteiger partial charge in [-0.15, -0.1) is 0 Å². The number of carbonyl (C=O) groups is 2. The lowest BCUT2D eigenvalue weighted by Gasteiger charge is -2.20. The van der Waals surface area contributed by atoms with Crippen molar-refractivity contribution < 1.29 is 19.4 Å². The smallest absolute Gasteiger partial charge is 0.311 e. The summed E-state index contributed by atoms with van der Waals surface area (Å²) >= 11 is 0. The van der Waals surface area contributed by atoms with Crippen LogP contribution in [0.3, 0.4) is 0 Å². The highest BCUT2D eigenvalue weighted by Crippen LogP contribution is 2.24. The first kappa shape index (κ1) is 11.9. The number of carboxylic acid groups (broad SMARTS) is 1. The van der Waals surface area contributed by atoms with Crippen LogP contribution in [-0.2, 0) is 14.3 Å². The third kappa shape index (κ3) is 4.50. The van der Waals surface area contributed by atoms with Crippen molar-refractivity contribution in [3.05, 3.63) is 0 Å². The van der Waals surface area contributed by atoms with E-state index in [9.17, 15) is 9.59 Å². The second kappa shape index (κ2) is 4.84. The average Bonchev–Trinajstić information content (AvgIpc) is 2.01. The van der Waals surface area contributed by atoms with Crippen LogP contribution >= 0.6 is 0 Å². The number of esters is 1. The van der Waals surface area contributed by atoms with Crippen LogP contribution in [0.4, 0.5) is 0 Å². The van der Waals surface area contributed by atoms with E-state index >= 15 is 0 Å². The van der Waals surface area contributed by atoms with Crippen molar-refractivity contribution in [3.8, 4) is 0 Å². The monoisotopic (exact) mass is 188 g/mol. The van der Waals surface area contributed by atoms with Crippen LogP contribution in [0.15, 0.2) is 0 Å². The number of aliphatic carboxylic acids is 1. The first-order chi connectivity index (χ1) is 5.90. The average molecular weight is 188 g/mol. The molecule has 0 aliphatic carbocycles. The molecule has 0 aromatic carbocycles. The molecule has 0 spiro atoms. The van der Waals surface area contributed by atoms with E-state index in [4.69, 9.17) is 5.11 Å².